The van der Waals surface area contributed by atoms with Gasteiger partial charge in [0.15, 0.2) is 0 Å². The molecule has 4 nitrogen and oxygen atoms in total. The summed E-state index contributed by atoms with van der Waals surface area (Å²) >= 11 is 0. The summed E-state index contributed by atoms with van der Waals surface area (Å²) in [5.74, 6) is 0.997. The fraction of sp³-hybridized carbons (Fsp3) is 0.500. The first-order chi connectivity index (χ1) is 9.73. The fourth-order valence-corrected chi connectivity index (χ4v) is 3.02. The molecule has 0 amide bonds. The van der Waals surface area contributed by atoms with Gasteiger partial charge < -0.3 is 4.74 Å². The second-order valence-corrected chi connectivity index (χ2v) is 5.17. The molecule has 1 fully saturated rings. The maximum absolute atomic E-state index is 12.5. The van der Waals surface area contributed by atoms with Crippen LogP contribution in [0.15, 0.2) is 29.3 Å². The Morgan fingerprint density at radius 1 is 1.40 bits per heavy atom. The van der Waals surface area contributed by atoms with Crippen molar-refractivity contribution in [1.82, 2.24) is 0 Å². The Labute approximate surface area is 118 Å². The molecule has 0 bridgehead atoms. The summed E-state index contributed by atoms with van der Waals surface area (Å²) in [5, 5.41) is 0. The van der Waals surface area contributed by atoms with E-state index in [9.17, 15) is 9.59 Å². The number of hydrogen-bond donors (Lipinski definition) is 0. The first-order valence-corrected chi connectivity index (χ1v) is 6.94. The summed E-state index contributed by atoms with van der Waals surface area (Å²) < 4.78 is 5.25. The summed E-state index contributed by atoms with van der Waals surface area (Å²) in [6, 6.07) is 7.67. The maximum atomic E-state index is 12.5. The first-order valence-electron chi connectivity index (χ1n) is 6.94. The zero-order chi connectivity index (χ0) is 14.4. The molecule has 2 rings (SSSR count). The van der Waals surface area contributed by atoms with E-state index in [1.54, 1.807) is 13.2 Å². The highest BCUT2D eigenvalue weighted by Crippen LogP contribution is 2.40. The minimum atomic E-state index is -0.521. The third-order valence-electron chi connectivity index (χ3n) is 4.13. The molecule has 0 radical (unpaired) electrons. The molecule has 20 heavy (non-hydrogen) atoms. The van der Waals surface area contributed by atoms with Crippen molar-refractivity contribution in [2.45, 2.75) is 37.5 Å². The average molecular weight is 273 g/mol. The van der Waals surface area contributed by atoms with Gasteiger partial charge in [0, 0.05) is 6.42 Å². The van der Waals surface area contributed by atoms with Gasteiger partial charge in [-0.15, -0.1) is 0 Å². The standard InChI is InChI=1S/C16H19NO3/c1-20-14-6-4-5-13(11-14)16(9-10-17-12-18)8-3-2-7-15(16)19/h4-6,11H,2-3,7-10H2,1H3. The number of hydrogen-bond acceptors (Lipinski definition) is 4. The molecule has 1 aromatic rings. The Balaban J connectivity index is 2.38. The second kappa shape index (κ2) is 6.49. The smallest absolute Gasteiger partial charge is 0.234 e. The van der Waals surface area contributed by atoms with Gasteiger partial charge in [-0.05, 0) is 37.0 Å². The number of Topliss-reactive ketones (excluding diaryl/α,β-unsaturated/α-hetero) is 1. The van der Waals surface area contributed by atoms with Gasteiger partial charge >= 0.3 is 0 Å². The number of carbonyl (C=O) groups is 1. The van der Waals surface area contributed by atoms with E-state index in [0.29, 0.717) is 19.4 Å². The van der Waals surface area contributed by atoms with Gasteiger partial charge in [-0.2, -0.15) is 0 Å². The van der Waals surface area contributed by atoms with Crippen LogP contribution in [-0.2, 0) is 15.0 Å². The van der Waals surface area contributed by atoms with E-state index in [2.05, 4.69) is 4.99 Å². The van der Waals surface area contributed by atoms with Crippen LogP contribution in [0.1, 0.15) is 37.7 Å². The molecule has 4 heteroatoms. The van der Waals surface area contributed by atoms with Crippen LogP contribution in [0.4, 0.5) is 0 Å². The molecular formula is C16H19NO3. The summed E-state index contributed by atoms with van der Waals surface area (Å²) in [5.41, 5.74) is 0.454. The Morgan fingerprint density at radius 2 is 2.25 bits per heavy atom. The number of ether oxygens (including phenoxy) is 1. The zero-order valence-corrected chi connectivity index (χ0v) is 11.7. The lowest BCUT2D eigenvalue weighted by atomic mass is 9.66. The number of isocyanates is 1. The van der Waals surface area contributed by atoms with E-state index in [1.807, 2.05) is 24.3 Å². The molecule has 0 spiro atoms. The molecule has 1 aromatic carbocycles. The van der Waals surface area contributed by atoms with Gasteiger partial charge in [-0.3, -0.25) is 4.79 Å². The predicted molar refractivity (Wildman–Crippen MR) is 75.8 cm³/mol. The highest BCUT2D eigenvalue weighted by Gasteiger charge is 2.40. The molecule has 0 aliphatic heterocycles. The number of methoxy groups -OCH3 is 1. The Kier molecular flexibility index (Phi) is 4.70. The molecule has 1 atom stereocenters. The molecule has 0 saturated heterocycles. The van der Waals surface area contributed by atoms with E-state index < -0.39 is 5.41 Å². The summed E-state index contributed by atoms with van der Waals surface area (Å²) in [6.07, 6.45) is 5.50. The Hall–Kier alpha value is -1.93. The normalized spacial score (nSPS) is 22.1. The van der Waals surface area contributed by atoms with Crippen molar-refractivity contribution in [2.24, 2.45) is 4.99 Å². The topological polar surface area (TPSA) is 55.7 Å². The largest absolute Gasteiger partial charge is 0.497 e. The van der Waals surface area contributed by atoms with Gasteiger partial charge in [-0.1, -0.05) is 18.6 Å². The minimum absolute atomic E-state index is 0.248. The van der Waals surface area contributed by atoms with Gasteiger partial charge in [0.25, 0.3) is 0 Å². The van der Waals surface area contributed by atoms with Crippen molar-refractivity contribution < 1.29 is 14.3 Å². The summed E-state index contributed by atoms with van der Waals surface area (Å²) in [6.45, 7) is 0.340. The van der Waals surface area contributed by atoms with Crippen molar-refractivity contribution in [3.05, 3.63) is 29.8 Å². The van der Waals surface area contributed by atoms with Crippen LogP contribution in [0.2, 0.25) is 0 Å². The van der Waals surface area contributed by atoms with Crippen LogP contribution < -0.4 is 4.74 Å². The third-order valence-corrected chi connectivity index (χ3v) is 4.13. The maximum Gasteiger partial charge on any atom is 0.234 e. The summed E-state index contributed by atoms with van der Waals surface area (Å²) in [7, 11) is 1.62. The van der Waals surface area contributed by atoms with Crippen LogP contribution in [0.5, 0.6) is 5.75 Å². The quantitative estimate of drug-likeness (QED) is 0.612. The number of carbonyl (C=O) groups excluding carboxylic acids is 2. The van der Waals surface area contributed by atoms with Crippen LogP contribution in [-0.4, -0.2) is 25.5 Å². The first kappa shape index (κ1) is 14.5. The molecular weight excluding hydrogens is 254 g/mol. The van der Waals surface area contributed by atoms with Crippen molar-refractivity contribution in [2.75, 3.05) is 13.7 Å². The molecule has 1 unspecified atom stereocenters. The van der Waals surface area contributed by atoms with E-state index in [1.165, 1.54) is 0 Å². The number of rotatable bonds is 5. The van der Waals surface area contributed by atoms with Crippen LogP contribution >= 0.6 is 0 Å². The predicted octanol–water partition coefficient (Wildman–Crippen LogP) is 2.80. The fourth-order valence-electron chi connectivity index (χ4n) is 3.02. The minimum Gasteiger partial charge on any atom is -0.497 e. The molecule has 1 aliphatic rings. The van der Waals surface area contributed by atoms with E-state index in [0.717, 1.165) is 30.6 Å². The molecule has 106 valence electrons. The van der Waals surface area contributed by atoms with Crippen molar-refractivity contribution in [1.29, 1.82) is 0 Å². The van der Waals surface area contributed by atoms with Gasteiger partial charge in [0.2, 0.25) is 6.08 Å². The van der Waals surface area contributed by atoms with E-state index in [4.69, 9.17) is 4.74 Å². The van der Waals surface area contributed by atoms with Crippen LogP contribution in [0, 0.1) is 0 Å². The van der Waals surface area contributed by atoms with E-state index in [-0.39, 0.29) is 5.78 Å². The number of benzene rings is 1. The monoisotopic (exact) mass is 273 g/mol. The highest BCUT2D eigenvalue weighted by atomic mass is 16.5. The third kappa shape index (κ3) is 2.81. The lowest BCUT2D eigenvalue weighted by molar-refractivity contribution is -0.126. The van der Waals surface area contributed by atoms with Gasteiger partial charge in [0.1, 0.15) is 11.5 Å². The zero-order valence-electron chi connectivity index (χ0n) is 11.7. The molecule has 0 N–H and O–H groups in total. The Bertz CT molecular complexity index is 534. The van der Waals surface area contributed by atoms with Gasteiger partial charge in [0.05, 0.1) is 19.1 Å². The van der Waals surface area contributed by atoms with Crippen LogP contribution in [0.25, 0.3) is 0 Å². The summed E-state index contributed by atoms with van der Waals surface area (Å²) in [4.78, 5) is 26.4. The number of aliphatic imine (C=N–C) groups is 1. The number of nitrogens with zero attached hydrogens (tertiary/aromatic N) is 1. The average Bonchev–Trinajstić information content (AvgIpc) is 2.49. The molecule has 0 heterocycles. The lowest BCUT2D eigenvalue weighted by Gasteiger charge is -2.36. The lowest BCUT2D eigenvalue weighted by Crippen LogP contribution is -2.39. The molecule has 0 aromatic heterocycles. The molecule has 1 saturated carbocycles. The molecule has 1 aliphatic carbocycles. The van der Waals surface area contributed by atoms with Crippen molar-refractivity contribution in [3.8, 4) is 5.75 Å². The second-order valence-electron chi connectivity index (χ2n) is 5.17. The SMILES string of the molecule is COc1cccc(C2(CCN=C=O)CCCCC2=O)c1. The van der Waals surface area contributed by atoms with Crippen molar-refractivity contribution in [3.63, 3.8) is 0 Å². The Morgan fingerprint density at radius 3 is 2.95 bits per heavy atom. The van der Waals surface area contributed by atoms with Gasteiger partial charge in [-0.25, -0.2) is 9.79 Å². The van der Waals surface area contributed by atoms with Crippen molar-refractivity contribution >= 4 is 11.9 Å². The number of ketones is 1. The van der Waals surface area contributed by atoms with E-state index >= 15 is 0 Å². The van der Waals surface area contributed by atoms with Crippen LogP contribution in [0.3, 0.4) is 0 Å². The highest BCUT2D eigenvalue weighted by molar-refractivity contribution is 5.91.